The molecule has 0 spiro atoms. The molecule has 5 nitrogen and oxygen atoms in total. The fourth-order valence-electron chi connectivity index (χ4n) is 1.46. The summed E-state index contributed by atoms with van der Waals surface area (Å²) >= 11 is 0. The first-order valence-electron chi connectivity index (χ1n) is 4.38. The summed E-state index contributed by atoms with van der Waals surface area (Å²) in [5.74, 6) is -0.959. The Morgan fingerprint density at radius 1 is 1.77 bits per heavy atom. The Labute approximate surface area is 76.7 Å². The number of hydrogen-bond donors (Lipinski definition) is 2. The van der Waals surface area contributed by atoms with E-state index in [2.05, 4.69) is 5.32 Å². The van der Waals surface area contributed by atoms with E-state index in [0.717, 1.165) is 6.42 Å². The largest absolute Gasteiger partial charge is 0.480 e. The standard InChI is InChI=1S/C8H14N2O3/c1-2-3-10-5-7(11)9-4-6(10)8(12)13/h6H,2-5H2,1H3,(H,9,11)(H,12,13). The Bertz CT molecular complexity index is 217. The van der Waals surface area contributed by atoms with Gasteiger partial charge in [-0.1, -0.05) is 6.92 Å². The maximum Gasteiger partial charge on any atom is 0.322 e. The van der Waals surface area contributed by atoms with Crippen molar-refractivity contribution in [2.24, 2.45) is 0 Å². The van der Waals surface area contributed by atoms with Crippen LogP contribution in [0.4, 0.5) is 0 Å². The summed E-state index contributed by atoms with van der Waals surface area (Å²) in [5.41, 5.74) is 0. The molecule has 1 rings (SSSR count). The lowest BCUT2D eigenvalue weighted by atomic mass is 10.2. The summed E-state index contributed by atoms with van der Waals surface area (Å²) in [6.45, 7) is 3.04. The molecular weight excluding hydrogens is 172 g/mol. The number of amides is 1. The van der Waals surface area contributed by atoms with Crippen LogP contribution in [0.3, 0.4) is 0 Å². The average Bonchev–Trinajstić information content (AvgIpc) is 2.04. The molecule has 2 N–H and O–H groups in total. The van der Waals surface area contributed by atoms with Crippen LogP contribution >= 0.6 is 0 Å². The van der Waals surface area contributed by atoms with Gasteiger partial charge in [-0.3, -0.25) is 14.5 Å². The Morgan fingerprint density at radius 3 is 3.00 bits per heavy atom. The van der Waals surface area contributed by atoms with Gasteiger partial charge in [0.1, 0.15) is 6.04 Å². The molecular formula is C8H14N2O3. The molecule has 1 amide bonds. The summed E-state index contributed by atoms with van der Waals surface area (Å²) in [7, 11) is 0. The molecule has 0 aromatic rings. The van der Waals surface area contributed by atoms with E-state index in [-0.39, 0.29) is 19.0 Å². The highest BCUT2D eigenvalue weighted by Crippen LogP contribution is 2.04. The third-order valence-corrected chi connectivity index (χ3v) is 2.08. The minimum Gasteiger partial charge on any atom is -0.480 e. The second-order valence-electron chi connectivity index (χ2n) is 3.13. The van der Waals surface area contributed by atoms with Crippen LogP contribution in [0.15, 0.2) is 0 Å². The monoisotopic (exact) mass is 186 g/mol. The first kappa shape index (κ1) is 9.98. The number of carbonyl (C=O) groups excluding carboxylic acids is 1. The fourth-order valence-corrected chi connectivity index (χ4v) is 1.46. The molecule has 13 heavy (non-hydrogen) atoms. The van der Waals surface area contributed by atoms with Crippen molar-refractivity contribution in [3.8, 4) is 0 Å². The van der Waals surface area contributed by atoms with Crippen LogP contribution in [0.5, 0.6) is 0 Å². The van der Waals surface area contributed by atoms with Gasteiger partial charge in [0.2, 0.25) is 5.91 Å². The summed E-state index contributed by atoms with van der Waals surface area (Å²) in [4.78, 5) is 23.4. The van der Waals surface area contributed by atoms with Gasteiger partial charge in [-0.2, -0.15) is 0 Å². The Balaban J connectivity index is 2.60. The van der Waals surface area contributed by atoms with Crippen molar-refractivity contribution in [1.82, 2.24) is 10.2 Å². The number of aliphatic carboxylic acids is 1. The van der Waals surface area contributed by atoms with Gasteiger partial charge in [-0.05, 0) is 13.0 Å². The van der Waals surface area contributed by atoms with Crippen molar-refractivity contribution in [2.45, 2.75) is 19.4 Å². The van der Waals surface area contributed by atoms with Gasteiger partial charge in [0.05, 0.1) is 6.54 Å². The average molecular weight is 186 g/mol. The molecule has 5 heteroatoms. The smallest absolute Gasteiger partial charge is 0.322 e. The molecule has 1 aliphatic rings. The first-order chi connectivity index (χ1) is 6.15. The number of rotatable bonds is 3. The lowest BCUT2D eigenvalue weighted by molar-refractivity contribution is -0.145. The molecule has 1 aliphatic heterocycles. The van der Waals surface area contributed by atoms with Gasteiger partial charge >= 0.3 is 5.97 Å². The van der Waals surface area contributed by atoms with E-state index < -0.39 is 12.0 Å². The molecule has 0 aromatic carbocycles. The Kier molecular flexibility index (Phi) is 3.25. The van der Waals surface area contributed by atoms with Crippen molar-refractivity contribution in [1.29, 1.82) is 0 Å². The molecule has 1 fully saturated rings. The maximum atomic E-state index is 11.0. The topological polar surface area (TPSA) is 69.6 Å². The van der Waals surface area contributed by atoms with Crippen LogP contribution in [-0.2, 0) is 9.59 Å². The molecule has 1 saturated heterocycles. The van der Waals surface area contributed by atoms with Crippen molar-refractivity contribution in [3.63, 3.8) is 0 Å². The number of piperazine rings is 1. The van der Waals surface area contributed by atoms with Gasteiger partial charge in [0, 0.05) is 6.54 Å². The van der Waals surface area contributed by atoms with Crippen LogP contribution in [0.2, 0.25) is 0 Å². The predicted octanol–water partition coefficient (Wildman–Crippen LogP) is -0.719. The molecule has 1 heterocycles. The maximum absolute atomic E-state index is 11.0. The highest BCUT2D eigenvalue weighted by atomic mass is 16.4. The first-order valence-corrected chi connectivity index (χ1v) is 4.38. The van der Waals surface area contributed by atoms with Crippen LogP contribution < -0.4 is 5.32 Å². The van der Waals surface area contributed by atoms with Gasteiger partial charge in [0.25, 0.3) is 0 Å². The predicted molar refractivity (Wildman–Crippen MR) is 46.3 cm³/mol. The van der Waals surface area contributed by atoms with Gasteiger partial charge < -0.3 is 10.4 Å². The zero-order valence-electron chi connectivity index (χ0n) is 7.62. The number of nitrogens with one attached hydrogen (secondary N) is 1. The molecule has 0 saturated carbocycles. The minimum atomic E-state index is -0.867. The van der Waals surface area contributed by atoms with Crippen LogP contribution in [-0.4, -0.2) is 47.6 Å². The van der Waals surface area contributed by atoms with Crippen LogP contribution in [0, 0.1) is 0 Å². The summed E-state index contributed by atoms with van der Waals surface area (Å²) in [5, 5.41) is 11.4. The van der Waals surface area contributed by atoms with E-state index in [1.807, 2.05) is 6.92 Å². The second-order valence-corrected chi connectivity index (χ2v) is 3.13. The lowest BCUT2D eigenvalue weighted by Gasteiger charge is -2.32. The third kappa shape index (κ3) is 2.42. The zero-order chi connectivity index (χ0) is 9.84. The molecule has 0 bridgehead atoms. The van der Waals surface area contributed by atoms with E-state index in [0.29, 0.717) is 6.54 Å². The zero-order valence-corrected chi connectivity index (χ0v) is 7.62. The Morgan fingerprint density at radius 2 is 2.46 bits per heavy atom. The number of hydrogen-bond acceptors (Lipinski definition) is 3. The normalized spacial score (nSPS) is 24.1. The molecule has 1 unspecified atom stereocenters. The van der Waals surface area contributed by atoms with Crippen LogP contribution in [0.25, 0.3) is 0 Å². The summed E-state index contributed by atoms with van der Waals surface area (Å²) in [6, 6.07) is -0.558. The molecule has 0 aromatic heterocycles. The van der Waals surface area contributed by atoms with Crippen molar-refractivity contribution < 1.29 is 14.7 Å². The molecule has 0 aliphatic carbocycles. The number of nitrogens with zero attached hydrogens (tertiary/aromatic N) is 1. The fraction of sp³-hybridized carbons (Fsp3) is 0.750. The van der Waals surface area contributed by atoms with E-state index in [4.69, 9.17) is 5.11 Å². The van der Waals surface area contributed by atoms with Gasteiger partial charge in [0.15, 0.2) is 0 Å². The summed E-state index contributed by atoms with van der Waals surface area (Å²) < 4.78 is 0. The molecule has 74 valence electrons. The van der Waals surface area contributed by atoms with Gasteiger partial charge in [-0.25, -0.2) is 0 Å². The highest BCUT2D eigenvalue weighted by molar-refractivity contribution is 5.83. The number of carboxylic acid groups (broad SMARTS) is 1. The quantitative estimate of drug-likeness (QED) is 0.610. The number of carbonyl (C=O) groups is 2. The number of carboxylic acids is 1. The van der Waals surface area contributed by atoms with Crippen LogP contribution in [0.1, 0.15) is 13.3 Å². The van der Waals surface area contributed by atoms with Gasteiger partial charge in [-0.15, -0.1) is 0 Å². The second kappa shape index (κ2) is 4.23. The molecule has 0 radical (unpaired) electrons. The molecule has 1 atom stereocenters. The van der Waals surface area contributed by atoms with Crippen molar-refractivity contribution >= 4 is 11.9 Å². The van der Waals surface area contributed by atoms with E-state index >= 15 is 0 Å². The lowest BCUT2D eigenvalue weighted by Crippen LogP contribution is -2.57. The Hall–Kier alpha value is -1.10. The highest BCUT2D eigenvalue weighted by Gasteiger charge is 2.30. The minimum absolute atomic E-state index is 0.0917. The SMILES string of the molecule is CCCN1CC(=O)NCC1C(=O)O. The van der Waals surface area contributed by atoms with E-state index in [1.165, 1.54) is 0 Å². The van der Waals surface area contributed by atoms with E-state index in [1.54, 1.807) is 4.90 Å². The van der Waals surface area contributed by atoms with Crippen molar-refractivity contribution in [3.05, 3.63) is 0 Å². The van der Waals surface area contributed by atoms with Crippen molar-refractivity contribution in [2.75, 3.05) is 19.6 Å². The van der Waals surface area contributed by atoms with E-state index in [9.17, 15) is 9.59 Å². The third-order valence-electron chi connectivity index (χ3n) is 2.08. The summed E-state index contributed by atoms with van der Waals surface area (Å²) in [6.07, 6.45) is 0.858.